The Kier molecular flexibility index (Phi) is 4.39. The lowest BCUT2D eigenvalue weighted by Crippen LogP contribution is -2.06. The van der Waals surface area contributed by atoms with E-state index in [-0.39, 0.29) is 18.4 Å². The van der Waals surface area contributed by atoms with Crippen LogP contribution in [0.4, 0.5) is 0 Å². The van der Waals surface area contributed by atoms with Gasteiger partial charge in [0.05, 0.1) is 25.6 Å². The van der Waals surface area contributed by atoms with E-state index in [1.807, 2.05) is 29.1 Å². The lowest BCUT2D eigenvalue weighted by molar-refractivity contribution is -0.139. The summed E-state index contributed by atoms with van der Waals surface area (Å²) in [6.07, 6.45) is 3.75. The summed E-state index contributed by atoms with van der Waals surface area (Å²) < 4.78 is 14.6. The summed E-state index contributed by atoms with van der Waals surface area (Å²) in [5.74, 6) is 2.01. The van der Waals surface area contributed by atoms with Crippen molar-refractivity contribution in [2.75, 3.05) is 13.7 Å². The molecule has 0 atom stereocenters. The number of esters is 1. The smallest absolute Gasteiger partial charge is 0.309 e. The highest BCUT2D eigenvalue weighted by Gasteiger charge is 2.22. The van der Waals surface area contributed by atoms with Crippen LogP contribution in [0, 0.1) is 0 Å². The Bertz CT molecular complexity index is 989. The largest absolute Gasteiger partial charge is 0.491 e. The van der Waals surface area contributed by atoms with Crippen LogP contribution in [0.5, 0.6) is 5.75 Å². The summed E-state index contributed by atoms with van der Waals surface area (Å²) >= 11 is 0. The SMILES string of the molecule is COC(=O)Cc1ccc2c(c1)OCCn1cc(-c3ncnn3C(C)C)nc1-2. The molecule has 0 unspecified atom stereocenters. The number of rotatable bonds is 4. The van der Waals surface area contributed by atoms with Gasteiger partial charge < -0.3 is 14.0 Å². The van der Waals surface area contributed by atoms with Gasteiger partial charge in [-0.15, -0.1) is 0 Å². The fourth-order valence-corrected chi connectivity index (χ4v) is 3.19. The molecule has 1 aliphatic heterocycles. The molecule has 0 amide bonds. The molecular weight excluding hydrogens is 346 g/mol. The van der Waals surface area contributed by atoms with Crippen LogP contribution in [0.2, 0.25) is 0 Å². The molecule has 0 saturated carbocycles. The van der Waals surface area contributed by atoms with E-state index in [4.69, 9.17) is 14.5 Å². The van der Waals surface area contributed by atoms with E-state index in [2.05, 4.69) is 28.5 Å². The average Bonchev–Trinajstić information content (AvgIpc) is 3.26. The molecule has 0 N–H and O–H groups in total. The summed E-state index contributed by atoms with van der Waals surface area (Å²) in [4.78, 5) is 20.7. The number of carbonyl (C=O) groups excluding carboxylic acids is 1. The van der Waals surface area contributed by atoms with Crippen molar-refractivity contribution in [2.24, 2.45) is 0 Å². The lowest BCUT2D eigenvalue weighted by Gasteiger charge is -2.09. The molecule has 2 aromatic heterocycles. The molecule has 3 aromatic rings. The molecule has 8 nitrogen and oxygen atoms in total. The number of ether oxygens (including phenoxy) is 2. The van der Waals surface area contributed by atoms with E-state index >= 15 is 0 Å². The first-order chi connectivity index (χ1) is 13.1. The number of imidazole rings is 1. The van der Waals surface area contributed by atoms with E-state index in [1.165, 1.54) is 7.11 Å². The molecular formula is C19H21N5O3. The summed E-state index contributed by atoms with van der Waals surface area (Å²) in [5.41, 5.74) is 2.52. The van der Waals surface area contributed by atoms with Gasteiger partial charge in [-0.05, 0) is 31.5 Å². The Balaban J connectivity index is 1.74. The summed E-state index contributed by atoms with van der Waals surface area (Å²) in [6.45, 7) is 5.32. The van der Waals surface area contributed by atoms with Crippen LogP contribution >= 0.6 is 0 Å². The van der Waals surface area contributed by atoms with Crippen molar-refractivity contribution in [1.29, 1.82) is 0 Å². The number of hydrogen-bond acceptors (Lipinski definition) is 6. The molecule has 0 saturated heterocycles. The zero-order valence-corrected chi connectivity index (χ0v) is 15.5. The van der Waals surface area contributed by atoms with Crippen LogP contribution in [0.3, 0.4) is 0 Å². The zero-order chi connectivity index (χ0) is 19.0. The maximum Gasteiger partial charge on any atom is 0.309 e. The van der Waals surface area contributed by atoms with Crippen LogP contribution in [-0.4, -0.2) is 44.0 Å². The second-order valence-electron chi connectivity index (χ2n) is 6.70. The maximum atomic E-state index is 11.5. The van der Waals surface area contributed by atoms with E-state index in [1.54, 1.807) is 6.33 Å². The number of aromatic nitrogens is 5. The second kappa shape index (κ2) is 6.86. The number of nitrogens with zero attached hydrogens (tertiary/aromatic N) is 5. The topological polar surface area (TPSA) is 84.1 Å². The second-order valence-corrected chi connectivity index (χ2v) is 6.70. The lowest BCUT2D eigenvalue weighted by atomic mass is 10.1. The fourth-order valence-electron chi connectivity index (χ4n) is 3.19. The molecule has 0 aliphatic carbocycles. The van der Waals surface area contributed by atoms with Gasteiger partial charge in [-0.1, -0.05) is 6.07 Å². The van der Waals surface area contributed by atoms with Gasteiger partial charge in [0.1, 0.15) is 30.2 Å². The number of fused-ring (bicyclic) bond motifs is 3. The molecule has 1 aromatic carbocycles. The summed E-state index contributed by atoms with van der Waals surface area (Å²) in [6, 6.07) is 5.92. The van der Waals surface area contributed by atoms with E-state index in [9.17, 15) is 4.79 Å². The van der Waals surface area contributed by atoms with Gasteiger partial charge in [0.2, 0.25) is 0 Å². The van der Waals surface area contributed by atoms with Gasteiger partial charge in [0, 0.05) is 12.2 Å². The minimum Gasteiger partial charge on any atom is -0.491 e. The first kappa shape index (κ1) is 17.3. The average molecular weight is 367 g/mol. The highest BCUT2D eigenvalue weighted by molar-refractivity contribution is 5.74. The van der Waals surface area contributed by atoms with Crippen molar-refractivity contribution in [1.82, 2.24) is 24.3 Å². The molecule has 3 heterocycles. The van der Waals surface area contributed by atoms with Crippen molar-refractivity contribution in [2.45, 2.75) is 32.9 Å². The monoisotopic (exact) mass is 367 g/mol. The van der Waals surface area contributed by atoms with Crippen molar-refractivity contribution >= 4 is 5.97 Å². The molecule has 0 spiro atoms. The molecule has 0 bridgehead atoms. The zero-order valence-electron chi connectivity index (χ0n) is 15.5. The number of hydrogen-bond donors (Lipinski definition) is 0. The van der Waals surface area contributed by atoms with E-state index in [0.29, 0.717) is 13.2 Å². The van der Waals surface area contributed by atoms with Gasteiger partial charge in [0.15, 0.2) is 5.82 Å². The maximum absolute atomic E-state index is 11.5. The third kappa shape index (κ3) is 3.18. The Labute approximate surface area is 156 Å². The highest BCUT2D eigenvalue weighted by atomic mass is 16.5. The Morgan fingerprint density at radius 1 is 1.33 bits per heavy atom. The first-order valence-corrected chi connectivity index (χ1v) is 8.86. The van der Waals surface area contributed by atoms with Gasteiger partial charge in [0.25, 0.3) is 0 Å². The third-order valence-corrected chi connectivity index (χ3v) is 4.52. The minimum absolute atomic E-state index is 0.195. The number of methoxy groups -OCH3 is 1. The first-order valence-electron chi connectivity index (χ1n) is 8.86. The molecule has 8 heteroatoms. The molecule has 4 rings (SSSR count). The van der Waals surface area contributed by atoms with Crippen molar-refractivity contribution in [3.05, 3.63) is 36.3 Å². The van der Waals surface area contributed by atoms with Gasteiger partial charge in [-0.3, -0.25) is 4.79 Å². The number of benzene rings is 1. The predicted octanol–water partition coefficient (Wildman–Crippen LogP) is 2.50. The minimum atomic E-state index is -0.277. The van der Waals surface area contributed by atoms with Crippen LogP contribution in [0.15, 0.2) is 30.7 Å². The predicted molar refractivity (Wildman–Crippen MR) is 98.3 cm³/mol. The van der Waals surface area contributed by atoms with Crippen molar-refractivity contribution in [3.8, 4) is 28.7 Å². The van der Waals surface area contributed by atoms with Crippen LogP contribution in [-0.2, 0) is 22.5 Å². The van der Waals surface area contributed by atoms with Crippen molar-refractivity contribution < 1.29 is 14.3 Å². The standard InChI is InChI=1S/C19H21N5O3/c1-12(2)24-19(20-11-21-24)15-10-23-6-7-27-16-8-13(9-17(25)26-3)4-5-14(16)18(23)22-15/h4-5,8,10-12H,6-7,9H2,1-3H3. The molecule has 0 fully saturated rings. The van der Waals surface area contributed by atoms with Gasteiger partial charge in [-0.25, -0.2) is 14.6 Å². The van der Waals surface area contributed by atoms with Crippen LogP contribution in [0.1, 0.15) is 25.5 Å². The molecule has 1 aliphatic rings. The molecule has 0 radical (unpaired) electrons. The quantitative estimate of drug-likeness (QED) is 0.659. The van der Waals surface area contributed by atoms with Crippen LogP contribution < -0.4 is 4.74 Å². The highest BCUT2D eigenvalue weighted by Crippen LogP contribution is 2.34. The van der Waals surface area contributed by atoms with Gasteiger partial charge in [-0.2, -0.15) is 5.10 Å². The summed E-state index contributed by atoms with van der Waals surface area (Å²) in [5, 5.41) is 4.30. The van der Waals surface area contributed by atoms with Gasteiger partial charge >= 0.3 is 5.97 Å². The van der Waals surface area contributed by atoms with E-state index < -0.39 is 0 Å². The third-order valence-electron chi connectivity index (χ3n) is 4.52. The normalized spacial score (nSPS) is 12.9. The Morgan fingerprint density at radius 2 is 2.19 bits per heavy atom. The molecule has 27 heavy (non-hydrogen) atoms. The van der Waals surface area contributed by atoms with Crippen LogP contribution in [0.25, 0.3) is 22.9 Å². The summed E-state index contributed by atoms with van der Waals surface area (Å²) in [7, 11) is 1.39. The Morgan fingerprint density at radius 3 is 2.96 bits per heavy atom. The van der Waals surface area contributed by atoms with Crippen molar-refractivity contribution in [3.63, 3.8) is 0 Å². The van der Waals surface area contributed by atoms with E-state index in [0.717, 1.165) is 34.2 Å². The Hall–Kier alpha value is -3.16. The molecule has 140 valence electrons. The fraction of sp³-hybridized carbons (Fsp3) is 0.368. The number of carbonyl (C=O) groups is 1.